The van der Waals surface area contributed by atoms with Crippen LogP contribution in [0, 0.1) is 23.2 Å². The number of carbonyl (C=O) groups is 1. The molecule has 2 unspecified atom stereocenters. The van der Waals surface area contributed by atoms with Crippen LogP contribution in [0.15, 0.2) is 12.4 Å². The van der Waals surface area contributed by atoms with Crippen molar-refractivity contribution in [3.05, 3.63) is 18.0 Å². The number of fused-ring (bicyclic) bond motifs is 2. The van der Waals surface area contributed by atoms with E-state index in [4.69, 9.17) is 9.97 Å². The van der Waals surface area contributed by atoms with Crippen LogP contribution in [0.2, 0.25) is 0 Å². The Hall–Kier alpha value is -1.53. The highest BCUT2D eigenvalue weighted by atomic mass is 16.1. The third kappa shape index (κ3) is 4.58. The van der Waals surface area contributed by atoms with E-state index in [-0.39, 0.29) is 5.92 Å². The minimum atomic E-state index is 0.197. The normalized spacial score (nSPS) is 33.8. The van der Waals surface area contributed by atoms with Gasteiger partial charge in [-0.25, -0.2) is 9.97 Å². The quantitative estimate of drug-likeness (QED) is 0.593. The Morgan fingerprint density at radius 2 is 1.67 bits per heavy atom. The van der Waals surface area contributed by atoms with Gasteiger partial charge < -0.3 is 9.80 Å². The fourth-order valence-electron chi connectivity index (χ4n) is 7.35. The smallest absolute Gasteiger partial charge is 0.225 e. The number of Topliss-reactive ketones (excluding diaryl/α,β-unsaturated/α-hetero) is 1. The van der Waals surface area contributed by atoms with Gasteiger partial charge in [-0.05, 0) is 70.8 Å². The van der Waals surface area contributed by atoms with Crippen LogP contribution in [0.3, 0.4) is 0 Å². The summed E-state index contributed by atoms with van der Waals surface area (Å²) in [6.07, 6.45) is 11.5. The van der Waals surface area contributed by atoms with Gasteiger partial charge in [0, 0.05) is 74.1 Å². The number of aromatic nitrogens is 2. The fourth-order valence-corrected chi connectivity index (χ4v) is 7.35. The van der Waals surface area contributed by atoms with Crippen molar-refractivity contribution in [3.8, 4) is 0 Å². The first kappa shape index (κ1) is 23.2. The molecule has 5 rings (SSSR count). The number of hydrogen-bond donors (Lipinski definition) is 0. The van der Waals surface area contributed by atoms with E-state index in [1.807, 2.05) is 26.2 Å². The zero-order valence-corrected chi connectivity index (χ0v) is 21.3. The summed E-state index contributed by atoms with van der Waals surface area (Å²) >= 11 is 0. The molecule has 0 radical (unpaired) electrons. The van der Waals surface area contributed by atoms with Gasteiger partial charge in [-0.1, -0.05) is 13.8 Å². The molecule has 2 saturated carbocycles. The highest BCUT2D eigenvalue weighted by Gasteiger charge is 2.54. The maximum absolute atomic E-state index is 12.2. The molecule has 33 heavy (non-hydrogen) atoms. The molecule has 6 nitrogen and oxygen atoms in total. The van der Waals surface area contributed by atoms with Crippen LogP contribution in [-0.2, 0) is 11.3 Å². The summed E-state index contributed by atoms with van der Waals surface area (Å²) in [5.41, 5.74) is 1.71. The van der Waals surface area contributed by atoms with Crippen molar-refractivity contribution >= 4 is 11.7 Å². The first-order chi connectivity index (χ1) is 15.7. The molecule has 182 valence electrons. The van der Waals surface area contributed by atoms with Crippen LogP contribution < -0.4 is 4.90 Å². The number of anilines is 1. The summed E-state index contributed by atoms with van der Waals surface area (Å²) in [6, 6.07) is 1.74. The monoisotopic (exact) mass is 453 g/mol. The molecule has 6 heteroatoms. The molecule has 0 aromatic carbocycles. The lowest BCUT2D eigenvalue weighted by Crippen LogP contribution is -2.56. The second-order valence-electron chi connectivity index (χ2n) is 12.4. The van der Waals surface area contributed by atoms with Gasteiger partial charge in [0.05, 0.1) is 0 Å². The van der Waals surface area contributed by atoms with E-state index in [1.165, 1.54) is 31.2 Å². The highest BCUT2D eigenvalue weighted by molar-refractivity contribution is 5.83. The number of carbonyl (C=O) groups excluding carboxylic acids is 1. The van der Waals surface area contributed by atoms with Crippen molar-refractivity contribution in [2.45, 2.75) is 90.9 Å². The molecule has 1 aromatic heterocycles. The van der Waals surface area contributed by atoms with Crippen LogP contribution in [0.25, 0.3) is 0 Å². The molecule has 1 spiro atoms. The standard InChI is InChI=1S/C27H43N5O/c1-18(2)25(33)22-10-27(11-22)8-20(9-27)14-30(5)15-21-12-28-26(29-13-21)32-23-6-7-24(32)17-31(16-23)19(3)4/h12-13,18-20,22-24H,6-11,14-17H2,1-5H3/t20-,22-,23?,24?,27?. The Kier molecular flexibility index (Phi) is 6.28. The third-order valence-corrected chi connectivity index (χ3v) is 8.96. The van der Waals surface area contributed by atoms with Gasteiger partial charge in [0.25, 0.3) is 0 Å². The van der Waals surface area contributed by atoms with E-state index in [0.29, 0.717) is 35.2 Å². The lowest BCUT2D eigenvalue weighted by molar-refractivity contribution is -0.142. The summed E-state index contributed by atoms with van der Waals surface area (Å²) < 4.78 is 0. The van der Waals surface area contributed by atoms with Gasteiger partial charge in [0.15, 0.2) is 0 Å². The number of piperazine rings is 1. The van der Waals surface area contributed by atoms with E-state index in [9.17, 15) is 4.79 Å². The second-order valence-corrected chi connectivity index (χ2v) is 12.4. The SMILES string of the molecule is CC(C)C(=O)[C@H]1CC2(C[C@H](CN(C)Cc3cnc(N4C5CCC4CN(C(C)C)C5)nc3)C2)C1. The lowest BCUT2D eigenvalue weighted by atomic mass is 9.47. The molecular weight excluding hydrogens is 410 g/mol. The van der Waals surface area contributed by atoms with Crippen molar-refractivity contribution in [2.24, 2.45) is 23.2 Å². The lowest BCUT2D eigenvalue weighted by Gasteiger charge is -2.58. The number of rotatable bonds is 8. The Labute approximate surface area is 200 Å². The molecule has 3 heterocycles. The molecule has 1 aromatic rings. The molecule has 2 saturated heterocycles. The molecule has 2 atom stereocenters. The Bertz CT molecular complexity index is 825. The molecule has 0 amide bonds. The average Bonchev–Trinajstić information content (AvgIpc) is 2.97. The van der Waals surface area contributed by atoms with E-state index in [2.05, 4.69) is 35.6 Å². The highest BCUT2D eigenvalue weighted by Crippen LogP contribution is 2.61. The van der Waals surface area contributed by atoms with E-state index in [1.54, 1.807) is 0 Å². The summed E-state index contributed by atoms with van der Waals surface area (Å²) in [5.74, 6) is 2.73. The fraction of sp³-hybridized carbons (Fsp3) is 0.815. The molecule has 2 bridgehead atoms. The topological polar surface area (TPSA) is 52.6 Å². The molecule has 2 aliphatic carbocycles. The Balaban J connectivity index is 1.08. The van der Waals surface area contributed by atoms with E-state index in [0.717, 1.165) is 50.9 Å². The zero-order chi connectivity index (χ0) is 23.3. The Morgan fingerprint density at radius 1 is 1.06 bits per heavy atom. The van der Waals surface area contributed by atoms with Gasteiger partial charge in [0.2, 0.25) is 5.95 Å². The number of ketones is 1. The minimum absolute atomic E-state index is 0.197. The predicted molar refractivity (Wildman–Crippen MR) is 132 cm³/mol. The zero-order valence-electron chi connectivity index (χ0n) is 21.3. The van der Waals surface area contributed by atoms with Crippen LogP contribution >= 0.6 is 0 Å². The largest absolute Gasteiger partial charge is 0.332 e. The van der Waals surface area contributed by atoms with Gasteiger partial charge in [-0.3, -0.25) is 9.69 Å². The van der Waals surface area contributed by atoms with E-state index < -0.39 is 0 Å². The van der Waals surface area contributed by atoms with Crippen LogP contribution in [0.4, 0.5) is 5.95 Å². The summed E-state index contributed by atoms with van der Waals surface area (Å²) in [7, 11) is 2.22. The summed E-state index contributed by atoms with van der Waals surface area (Å²) in [4.78, 5) is 29.3. The van der Waals surface area contributed by atoms with Crippen molar-refractivity contribution in [3.63, 3.8) is 0 Å². The van der Waals surface area contributed by atoms with Crippen LogP contribution in [-0.4, -0.2) is 70.4 Å². The second kappa shape index (κ2) is 8.92. The summed E-state index contributed by atoms with van der Waals surface area (Å²) in [6.45, 7) is 13.0. The first-order valence-corrected chi connectivity index (χ1v) is 13.3. The number of likely N-dealkylation sites (tertiary alicyclic amines) is 1. The summed E-state index contributed by atoms with van der Waals surface area (Å²) in [5, 5.41) is 0. The first-order valence-electron chi connectivity index (χ1n) is 13.3. The molecular formula is C27H43N5O. The van der Waals surface area contributed by atoms with Gasteiger partial charge in [-0.2, -0.15) is 0 Å². The average molecular weight is 454 g/mol. The molecule has 4 fully saturated rings. The Morgan fingerprint density at radius 3 is 2.21 bits per heavy atom. The van der Waals surface area contributed by atoms with Crippen LogP contribution in [0.1, 0.15) is 71.8 Å². The molecule has 0 N–H and O–H groups in total. The van der Waals surface area contributed by atoms with Gasteiger partial charge in [-0.15, -0.1) is 0 Å². The van der Waals surface area contributed by atoms with Crippen molar-refractivity contribution in [2.75, 3.05) is 31.6 Å². The molecule has 2 aliphatic heterocycles. The predicted octanol–water partition coefficient (Wildman–Crippen LogP) is 4.00. The van der Waals surface area contributed by atoms with E-state index >= 15 is 0 Å². The van der Waals surface area contributed by atoms with Crippen molar-refractivity contribution in [1.29, 1.82) is 0 Å². The molecule has 4 aliphatic rings. The van der Waals surface area contributed by atoms with Gasteiger partial charge in [0.1, 0.15) is 5.78 Å². The van der Waals surface area contributed by atoms with Crippen LogP contribution in [0.5, 0.6) is 0 Å². The maximum Gasteiger partial charge on any atom is 0.225 e. The third-order valence-electron chi connectivity index (χ3n) is 8.96. The maximum atomic E-state index is 12.2. The van der Waals surface area contributed by atoms with Crippen molar-refractivity contribution < 1.29 is 4.79 Å². The van der Waals surface area contributed by atoms with Gasteiger partial charge >= 0.3 is 0 Å². The number of hydrogen-bond acceptors (Lipinski definition) is 6. The minimum Gasteiger partial charge on any atom is -0.332 e. The van der Waals surface area contributed by atoms with Crippen molar-refractivity contribution in [1.82, 2.24) is 19.8 Å². The number of nitrogens with zero attached hydrogens (tertiary/aromatic N) is 5.